The van der Waals surface area contributed by atoms with E-state index in [4.69, 9.17) is 10.2 Å². The molecule has 0 aliphatic heterocycles. The molecule has 4 heteroatoms. The summed E-state index contributed by atoms with van der Waals surface area (Å²) in [5.41, 5.74) is 0. The quantitative estimate of drug-likeness (QED) is 0.216. The summed E-state index contributed by atoms with van der Waals surface area (Å²) in [6.45, 7) is 6.93. The van der Waals surface area contributed by atoms with Crippen molar-refractivity contribution in [1.29, 1.82) is 0 Å². The van der Waals surface area contributed by atoms with E-state index in [9.17, 15) is 0 Å². The van der Waals surface area contributed by atoms with Crippen LogP contribution in [0.15, 0.2) is 0 Å². The van der Waals surface area contributed by atoms with Crippen LogP contribution in [0.5, 0.6) is 0 Å². The molecule has 0 radical (unpaired) electrons. The first kappa shape index (κ1) is 28.4. The Labute approximate surface area is 170 Å². The Morgan fingerprint density at radius 1 is 0.577 bits per heavy atom. The molecule has 0 spiro atoms. The molecule has 0 aliphatic carbocycles. The van der Waals surface area contributed by atoms with Crippen molar-refractivity contribution in [1.82, 2.24) is 0 Å². The molecular weight excluding hydrogens is 346 g/mol. The number of hydrogen-bond donors (Lipinski definition) is 3. The molecule has 1 unspecified atom stereocenters. The van der Waals surface area contributed by atoms with Gasteiger partial charge in [-0.1, -0.05) is 96.8 Å². The molecule has 0 rings (SSSR count). The van der Waals surface area contributed by atoms with Gasteiger partial charge in [-0.25, -0.2) is 0 Å². The van der Waals surface area contributed by atoms with Crippen LogP contribution in [0.4, 0.5) is 0 Å². The van der Waals surface area contributed by atoms with Gasteiger partial charge in [0.25, 0.3) is 0 Å². The average molecular weight is 394 g/mol. The van der Waals surface area contributed by atoms with Gasteiger partial charge < -0.3 is 27.5 Å². The van der Waals surface area contributed by atoms with E-state index in [1.54, 1.807) is 0 Å². The molecule has 0 aromatic carbocycles. The van der Waals surface area contributed by atoms with Crippen LogP contribution in [-0.4, -0.2) is 36.1 Å². The fourth-order valence-corrected chi connectivity index (χ4v) is 3.60. The summed E-state index contributed by atoms with van der Waals surface area (Å²) in [6, 6.07) is 0. The van der Waals surface area contributed by atoms with Crippen LogP contribution in [0.2, 0.25) is 0 Å². The first-order valence-electron chi connectivity index (χ1n) is 11.4. The Kier molecular flexibility index (Phi) is 25.3. The van der Waals surface area contributed by atoms with Crippen molar-refractivity contribution < 1.29 is 27.5 Å². The molecule has 0 fully saturated rings. The van der Waals surface area contributed by atoms with Crippen molar-refractivity contribution in [3.63, 3.8) is 0 Å². The second-order valence-corrected chi connectivity index (χ2v) is 7.84. The highest BCUT2D eigenvalue weighted by atomic mass is 35.5. The van der Waals surface area contributed by atoms with Crippen LogP contribution in [0, 0.1) is 0 Å². The average Bonchev–Trinajstić information content (AvgIpc) is 2.60. The molecule has 3 nitrogen and oxygen atoms in total. The van der Waals surface area contributed by atoms with Crippen molar-refractivity contribution in [3.05, 3.63) is 0 Å². The monoisotopic (exact) mass is 393 g/mol. The Balaban J connectivity index is 0. The van der Waals surface area contributed by atoms with Crippen molar-refractivity contribution in [3.8, 4) is 0 Å². The number of likely N-dealkylation sites (N-methyl/N-ethyl adjacent to an activating group) is 1. The molecule has 0 aliphatic rings. The van der Waals surface area contributed by atoms with Gasteiger partial charge in [0.05, 0.1) is 13.1 Å². The topological polar surface area (TPSA) is 44.9 Å². The Morgan fingerprint density at radius 2 is 0.923 bits per heavy atom. The number of aliphatic hydroxyl groups is 2. The Hall–Kier alpha value is 0.170. The smallest absolute Gasteiger partial charge is 0.202 e. The minimum absolute atomic E-state index is 0. The van der Waals surface area contributed by atoms with Gasteiger partial charge in [0.1, 0.15) is 6.54 Å². The highest BCUT2D eigenvalue weighted by molar-refractivity contribution is 4.50. The number of rotatable bonds is 20. The van der Waals surface area contributed by atoms with E-state index in [2.05, 4.69) is 13.8 Å². The molecule has 0 bridgehead atoms. The maximum absolute atomic E-state index is 9.02. The Bertz CT molecular complexity index is 252. The zero-order valence-corrected chi connectivity index (χ0v) is 18.5. The van der Waals surface area contributed by atoms with Crippen molar-refractivity contribution in [2.75, 3.05) is 19.6 Å². The summed E-state index contributed by atoms with van der Waals surface area (Å²) in [4.78, 5) is 1.31. The fourth-order valence-electron chi connectivity index (χ4n) is 3.60. The molecular formula is C22H48ClNO2. The molecule has 3 N–H and O–H groups in total. The zero-order valence-electron chi connectivity index (χ0n) is 17.8. The molecule has 26 heavy (non-hydrogen) atoms. The van der Waals surface area contributed by atoms with Gasteiger partial charge in [0.2, 0.25) is 6.29 Å². The third-order valence-electron chi connectivity index (χ3n) is 5.36. The lowest BCUT2D eigenvalue weighted by Gasteiger charge is -2.18. The lowest BCUT2D eigenvalue weighted by molar-refractivity contribution is -0.904. The largest absolute Gasteiger partial charge is 1.00 e. The van der Waals surface area contributed by atoms with Gasteiger partial charge in [-0.05, 0) is 19.8 Å². The number of halogens is 1. The van der Waals surface area contributed by atoms with Crippen LogP contribution in [-0.2, 0) is 0 Å². The molecule has 0 amide bonds. The summed E-state index contributed by atoms with van der Waals surface area (Å²) >= 11 is 0. The van der Waals surface area contributed by atoms with E-state index in [1.165, 1.54) is 108 Å². The summed E-state index contributed by atoms with van der Waals surface area (Å²) in [6.07, 6.45) is 21.2. The number of hydrogen-bond acceptors (Lipinski definition) is 2. The van der Waals surface area contributed by atoms with Gasteiger partial charge in [-0.3, -0.25) is 0 Å². The van der Waals surface area contributed by atoms with Crippen molar-refractivity contribution in [2.24, 2.45) is 0 Å². The Morgan fingerprint density at radius 3 is 1.23 bits per heavy atom. The predicted octanol–water partition coefficient (Wildman–Crippen LogP) is 1.47. The van der Waals surface area contributed by atoms with E-state index >= 15 is 0 Å². The SMILES string of the molecule is CCCCCCCCCCCCCCCCCC[NH+](CC)CC(O)O.[Cl-]. The third-order valence-corrected chi connectivity index (χ3v) is 5.36. The standard InChI is InChI=1S/C22H47NO2.ClH/c1-3-5-6-7-8-9-10-11-12-13-14-15-16-17-18-19-20-23(4-2)21-22(24)25;/h22,24-25H,3-21H2,1-2H3;1H. The lowest BCUT2D eigenvalue weighted by Crippen LogP contribution is -3.12. The normalized spacial score (nSPS) is 12.3. The van der Waals surface area contributed by atoms with E-state index in [-0.39, 0.29) is 12.4 Å². The summed E-state index contributed by atoms with van der Waals surface area (Å²) < 4.78 is 0. The second-order valence-electron chi connectivity index (χ2n) is 7.84. The molecule has 1 atom stereocenters. The van der Waals surface area contributed by atoms with Gasteiger partial charge in [0.15, 0.2) is 0 Å². The van der Waals surface area contributed by atoms with Crippen LogP contribution in [0.1, 0.15) is 117 Å². The maximum Gasteiger partial charge on any atom is 0.202 e. The van der Waals surface area contributed by atoms with E-state index in [1.807, 2.05) is 0 Å². The van der Waals surface area contributed by atoms with Crippen LogP contribution >= 0.6 is 0 Å². The molecule has 0 saturated carbocycles. The van der Waals surface area contributed by atoms with E-state index < -0.39 is 6.29 Å². The van der Waals surface area contributed by atoms with Gasteiger partial charge >= 0.3 is 0 Å². The van der Waals surface area contributed by atoms with Gasteiger partial charge in [-0.15, -0.1) is 0 Å². The van der Waals surface area contributed by atoms with Crippen LogP contribution < -0.4 is 17.3 Å². The molecule has 0 aromatic rings. The summed E-state index contributed by atoms with van der Waals surface area (Å²) in [5.74, 6) is 0. The number of aliphatic hydroxyl groups excluding tert-OH is 1. The van der Waals surface area contributed by atoms with Crippen LogP contribution in [0.25, 0.3) is 0 Å². The molecule has 160 valence electrons. The summed E-state index contributed by atoms with van der Waals surface area (Å²) in [5, 5.41) is 18.0. The molecule has 0 saturated heterocycles. The highest BCUT2D eigenvalue weighted by Crippen LogP contribution is 2.13. The minimum Gasteiger partial charge on any atom is -1.00 e. The highest BCUT2D eigenvalue weighted by Gasteiger charge is 2.09. The third kappa shape index (κ3) is 22.2. The van der Waals surface area contributed by atoms with Crippen LogP contribution in [0.3, 0.4) is 0 Å². The second kappa shape index (κ2) is 23.2. The zero-order chi connectivity index (χ0) is 18.6. The van der Waals surface area contributed by atoms with Gasteiger partial charge in [0, 0.05) is 0 Å². The molecule has 0 heterocycles. The number of unbranched alkanes of at least 4 members (excludes halogenated alkanes) is 15. The van der Waals surface area contributed by atoms with E-state index in [0.29, 0.717) is 6.54 Å². The van der Waals surface area contributed by atoms with Gasteiger partial charge in [-0.2, -0.15) is 0 Å². The summed E-state index contributed by atoms with van der Waals surface area (Å²) in [7, 11) is 0. The maximum atomic E-state index is 9.02. The molecule has 0 aromatic heterocycles. The first-order valence-corrected chi connectivity index (χ1v) is 11.4. The lowest BCUT2D eigenvalue weighted by atomic mass is 10.0. The van der Waals surface area contributed by atoms with Crippen molar-refractivity contribution >= 4 is 0 Å². The first-order chi connectivity index (χ1) is 12.2. The number of nitrogens with one attached hydrogen (secondary N) is 1. The van der Waals surface area contributed by atoms with E-state index in [0.717, 1.165) is 13.1 Å². The minimum atomic E-state index is -1.16. The van der Waals surface area contributed by atoms with Crippen molar-refractivity contribution in [2.45, 2.75) is 123 Å². The predicted molar refractivity (Wildman–Crippen MR) is 109 cm³/mol. The number of quaternary nitrogens is 1. The fraction of sp³-hybridized carbons (Fsp3) is 1.00.